The fraction of sp³-hybridized carbons (Fsp3) is 0. The summed E-state index contributed by atoms with van der Waals surface area (Å²) < 4.78 is 4.77. The lowest BCUT2D eigenvalue weighted by atomic mass is 9.85. The van der Waals surface area contributed by atoms with E-state index in [9.17, 15) is 0 Å². The van der Waals surface area contributed by atoms with E-state index in [-0.39, 0.29) is 0 Å². The molecule has 0 bridgehead atoms. The number of fused-ring (bicyclic) bond motifs is 11. The van der Waals surface area contributed by atoms with Crippen molar-refractivity contribution < 1.29 is 0 Å². The third-order valence-corrected chi connectivity index (χ3v) is 12.4. The number of rotatable bonds is 4. The van der Waals surface area contributed by atoms with Crippen molar-refractivity contribution in [2.24, 2.45) is 0 Å². The fourth-order valence-electron chi connectivity index (χ4n) is 9.80. The summed E-state index contributed by atoms with van der Waals surface area (Å²) >= 11 is 0. The van der Waals surface area contributed by atoms with Crippen LogP contribution < -0.4 is 0 Å². The van der Waals surface area contributed by atoms with Gasteiger partial charge in [-0.05, 0) is 107 Å². The Morgan fingerprint density at radius 3 is 1.32 bits per heavy atom. The van der Waals surface area contributed by atoms with Gasteiger partial charge in [0.2, 0.25) is 0 Å². The van der Waals surface area contributed by atoms with E-state index in [4.69, 9.17) is 15.0 Å². The van der Waals surface area contributed by atoms with E-state index < -0.39 is 0 Å². The molecule has 0 radical (unpaired) electrons. The summed E-state index contributed by atoms with van der Waals surface area (Å²) in [6, 6.07) is 65.7. The Kier molecular flexibility index (Phi) is 6.95. The molecular weight excluding hydrogens is 731 g/mol. The Morgan fingerprint density at radius 1 is 0.317 bits per heavy atom. The van der Waals surface area contributed by atoms with Gasteiger partial charge >= 0.3 is 0 Å². The first-order chi connectivity index (χ1) is 29.8. The largest absolute Gasteiger partial charge is 0.309 e. The predicted molar refractivity (Wildman–Crippen MR) is 249 cm³/mol. The highest BCUT2D eigenvalue weighted by Crippen LogP contribution is 2.47. The van der Waals surface area contributed by atoms with Crippen molar-refractivity contribution >= 4 is 87.1 Å². The summed E-state index contributed by atoms with van der Waals surface area (Å²) in [5, 5.41) is 10.4. The zero-order valence-corrected chi connectivity index (χ0v) is 32.3. The van der Waals surface area contributed by atoms with Crippen LogP contribution >= 0.6 is 0 Å². The summed E-state index contributed by atoms with van der Waals surface area (Å²) in [4.78, 5) is 14.9. The Balaban J connectivity index is 1.20. The molecule has 0 aliphatic heterocycles. The van der Waals surface area contributed by atoms with E-state index in [1.54, 1.807) is 0 Å². The van der Waals surface area contributed by atoms with Crippen LogP contribution in [0.1, 0.15) is 0 Å². The van der Waals surface area contributed by atoms with E-state index in [2.05, 4.69) is 185 Å². The normalized spacial score (nSPS) is 12.0. The number of pyridine rings is 3. The van der Waals surface area contributed by atoms with E-state index in [1.807, 2.05) is 24.5 Å². The van der Waals surface area contributed by atoms with Gasteiger partial charge in [-0.1, -0.05) is 103 Å². The minimum absolute atomic E-state index is 0.954. The van der Waals surface area contributed by atoms with Crippen molar-refractivity contribution in [3.63, 3.8) is 0 Å². The number of hydrogen-bond donors (Lipinski definition) is 0. The Hall–Kier alpha value is -8.15. The predicted octanol–water partition coefficient (Wildman–Crippen LogP) is 14.0. The number of nitrogens with zero attached hydrogens (tertiary/aromatic N) is 5. The minimum atomic E-state index is 0.954. The quantitative estimate of drug-likeness (QED) is 0.168. The molecule has 0 aliphatic carbocycles. The summed E-state index contributed by atoms with van der Waals surface area (Å²) in [5.74, 6) is 0. The lowest BCUT2D eigenvalue weighted by Crippen LogP contribution is -1.99. The van der Waals surface area contributed by atoms with Crippen LogP contribution in [0, 0.1) is 0 Å². The molecule has 278 valence electrons. The monoisotopic (exact) mass is 763 g/mol. The second-order valence-electron chi connectivity index (χ2n) is 15.6. The molecule has 5 aromatic heterocycles. The highest BCUT2D eigenvalue weighted by atomic mass is 15.0. The average molecular weight is 764 g/mol. The topological polar surface area (TPSA) is 48.5 Å². The maximum atomic E-state index is 5.45. The molecule has 8 aromatic carbocycles. The Labute approximate surface area is 344 Å². The van der Waals surface area contributed by atoms with Crippen LogP contribution in [0.15, 0.2) is 201 Å². The first kappa shape index (κ1) is 32.9. The lowest BCUT2D eigenvalue weighted by Gasteiger charge is -2.21. The van der Waals surface area contributed by atoms with Crippen LogP contribution in [-0.2, 0) is 0 Å². The number of aromatic nitrogens is 5. The van der Waals surface area contributed by atoms with Gasteiger partial charge < -0.3 is 9.13 Å². The molecule has 0 saturated carbocycles. The van der Waals surface area contributed by atoms with Crippen molar-refractivity contribution in [1.82, 2.24) is 24.1 Å². The number of benzene rings is 8. The molecule has 0 amide bonds. The van der Waals surface area contributed by atoms with Crippen LogP contribution in [0.5, 0.6) is 0 Å². The highest BCUT2D eigenvalue weighted by Gasteiger charge is 2.23. The molecule has 0 unspecified atom stereocenters. The standard InChI is InChI=1S/C55H33N5/c1-5-17-49-40(13-1)41-14-2-6-18-50(41)59(49)38-23-24-44-45(31-38)53(36-21-25-47-34(29-36)11-9-27-56-47)54(37-22-26-48-35(30-37)12-10-28-57-48)46-32-39(33-58-55(44)46)60-51-19-7-3-15-42(51)43-16-4-8-20-52(43)60/h1-33H. The van der Waals surface area contributed by atoms with Crippen molar-refractivity contribution in [2.45, 2.75) is 0 Å². The van der Waals surface area contributed by atoms with Crippen molar-refractivity contribution in [3.8, 4) is 33.6 Å². The molecule has 60 heavy (non-hydrogen) atoms. The molecule has 0 saturated heterocycles. The van der Waals surface area contributed by atoms with Gasteiger partial charge in [0.15, 0.2) is 0 Å². The van der Waals surface area contributed by atoms with E-state index >= 15 is 0 Å². The second-order valence-corrected chi connectivity index (χ2v) is 15.6. The second kappa shape index (κ2) is 12.7. The van der Waals surface area contributed by atoms with Gasteiger partial charge in [-0.3, -0.25) is 15.0 Å². The molecule has 0 fully saturated rings. The third-order valence-electron chi connectivity index (χ3n) is 12.4. The van der Waals surface area contributed by atoms with Crippen molar-refractivity contribution in [1.29, 1.82) is 0 Å². The molecule has 0 aliphatic rings. The van der Waals surface area contributed by atoms with E-state index in [1.165, 1.54) is 32.6 Å². The number of para-hydroxylation sites is 4. The van der Waals surface area contributed by atoms with Crippen LogP contribution in [0.3, 0.4) is 0 Å². The van der Waals surface area contributed by atoms with Gasteiger partial charge in [0.05, 0.1) is 50.5 Å². The smallest absolute Gasteiger partial charge is 0.0788 e. The van der Waals surface area contributed by atoms with E-state index in [0.717, 1.165) is 88.1 Å². The minimum Gasteiger partial charge on any atom is -0.309 e. The molecule has 13 rings (SSSR count). The van der Waals surface area contributed by atoms with Crippen LogP contribution in [0.2, 0.25) is 0 Å². The van der Waals surface area contributed by atoms with Crippen LogP contribution in [0.4, 0.5) is 0 Å². The van der Waals surface area contributed by atoms with Gasteiger partial charge in [-0.15, -0.1) is 0 Å². The molecular formula is C55H33N5. The lowest BCUT2D eigenvalue weighted by molar-refractivity contribution is 1.16. The molecule has 0 N–H and O–H groups in total. The molecule has 5 heterocycles. The van der Waals surface area contributed by atoms with Gasteiger partial charge in [0.25, 0.3) is 0 Å². The summed E-state index contributed by atoms with van der Waals surface area (Å²) in [7, 11) is 0. The molecule has 5 nitrogen and oxygen atoms in total. The molecule has 13 aromatic rings. The average Bonchev–Trinajstić information content (AvgIpc) is 3.83. The summed E-state index contributed by atoms with van der Waals surface area (Å²) in [6.07, 6.45) is 5.78. The van der Waals surface area contributed by atoms with Gasteiger partial charge in [0, 0.05) is 61.2 Å². The van der Waals surface area contributed by atoms with Gasteiger partial charge in [-0.2, -0.15) is 0 Å². The fourth-order valence-corrected chi connectivity index (χ4v) is 9.80. The SMILES string of the molecule is c1cnc2ccc(-c3c(-c4ccc5ncccc5c4)c4cc(-n5c6ccccc6c6ccccc65)cnc4c4ccc(-n5c6ccccc6c6ccccc65)cc34)cc2c1. The molecule has 0 spiro atoms. The summed E-state index contributed by atoms with van der Waals surface area (Å²) in [6.45, 7) is 0. The van der Waals surface area contributed by atoms with Crippen LogP contribution in [0.25, 0.3) is 121 Å². The van der Waals surface area contributed by atoms with E-state index in [0.29, 0.717) is 0 Å². The first-order valence-corrected chi connectivity index (χ1v) is 20.3. The Bertz CT molecular complexity index is 3550. The zero-order chi connectivity index (χ0) is 39.3. The number of hydrogen-bond acceptors (Lipinski definition) is 3. The van der Waals surface area contributed by atoms with Gasteiger partial charge in [0.1, 0.15) is 0 Å². The highest BCUT2D eigenvalue weighted by molar-refractivity contribution is 6.22. The van der Waals surface area contributed by atoms with Crippen LogP contribution in [-0.4, -0.2) is 24.1 Å². The zero-order valence-electron chi connectivity index (χ0n) is 32.3. The maximum Gasteiger partial charge on any atom is 0.0788 e. The van der Waals surface area contributed by atoms with Crippen molar-refractivity contribution in [3.05, 3.63) is 201 Å². The summed E-state index contributed by atoms with van der Waals surface area (Å²) in [5.41, 5.74) is 14.1. The first-order valence-electron chi connectivity index (χ1n) is 20.3. The molecule has 0 atom stereocenters. The Morgan fingerprint density at radius 2 is 0.783 bits per heavy atom. The van der Waals surface area contributed by atoms with Gasteiger partial charge in [-0.25, -0.2) is 0 Å². The third kappa shape index (κ3) is 4.77. The maximum absolute atomic E-state index is 5.45. The molecule has 5 heteroatoms. The van der Waals surface area contributed by atoms with Crippen molar-refractivity contribution in [2.75, 3.05) is 0 Å².